The number of rotatable bonds is 0. The molecule has 14 heavy (non-hydrogen) atoms. The lowest BCUT2D eigenvalue weighted by Gasteiger charge is -2.60. The average molecular weight is 189 g/mol. The van der Waals surface area contributed by atoms with E-state index < -0.39 is 0 Å². The first-order valence-electron chi connectivity index (χ1n) is 5.85. The Hall–Kier alpha value is -0.510. The molecule has 4 fully saturated rings. The SMILES string of the molecule is [C-]#[N+]C12CC3C[C@@](C)(C1)C[C@@](C)(C3)C2. The van der Waals surface area contributed by atoms with E-state index in [1.807, 2.05) is 0 Å². The Kier molecular flexibility index (Phi) is 1.37. The predicted molar refractivity (Wildman–Crippen MR) is 56.7 cm³/mol. The Bertz CT molecular complexity index is 307. The van der Waals surface area contributed by atoms with Crippen LogP contribution < -0.4 is 0 Å². The molecule has 0 unspecified atom stereocenters. The van der Waals surface area contributed by atoms with Gasteiger partial charge in [-0.05, 0) is 36.0 Å². The minimum Gasteiger partial charge on any atom is -0.310 e. The number of hydrogen-bond acceptors (Lipinski definition) is 0. The van der Waals surface area contributed by atoms with Gasteiger partial charge in [-0.2, -0.15) is 0 Å². The van der Waals surface area contributed by atoms with Gasteiger partial charge in [0.05, 0.1) is 0 Å². The molecule has 0 aliphatic heterocycles. The minimum atomic E-state index is 0.0584. The van der Waals surface area contributed by atoms with Crippen molar-refractivity contribution in [2.24, 2.45) is 16.7 Å². The summed E-state index contributed by atoms with van der Waals surface area (Å²) in [6, 6.07) is 0. The Morgan fingerprint density at radius 1 is 1.00 bits per heavy atom. The van der Waals surface area contributed by atoms with Crippen LogP contribution >= 0.6 is 0 Å². The second-order valence-corrected chi connectivity index (χ2v) is 6.97. The molecular weight excluding hydrogens is 170 g/mol. The zero-order valence-electron chi connectivity index (χ0n) is 9.27. The highest BCUT2D eigenvalue weighted by Crippen LogP contribution is 2.67. The smallest absolute Gasteiger partial charge is 0.234 e. The lowest BCUT2D eigenvalue weighted by molar-refractivity contribution is -0.0919. The van der Waals surface area contributed by atoms with Gasteiger partial charge in [0.15, 0.2) is 0 Å². The molecular formula is C13H19N. The van der Waals surface area contributed by atoms with E-state index in [1.165, 1.54) is 38.5 Å². The van der Waals surface area contributed by atoms with Gasteiger partial charge in [-0.15, -0.1) is 0 Å². The van der Waals surface area contributed by atoms with E-state index in [4.69, 9.17) is 6.57 Å². The van der Waals surface area contributed by atoms with E-state index in [0.29, 0.717) is 10.8 Å². The topological polar surface area (TPSA) is 4.36 Å². The molecule has 4 aliphatic rings. The monoisotopic (exact) mass is 189 g/mol. The van der Waals surface area contributed by atoms with Crippen LogP contribution in [0.3, 0.4) is 0 Å². The van der Waals surface area contributed by atoms with Crippen molar-refractivity contribution < 1.29 is 0 Å². The highest BCUT2D eigenvalue weighted by molar-refractivity contribution is 5.18. The van der Waals surface area contributed by atoms with Crippen molar-refractivity contribution in [2.45, 2.75) is 57.9 Å². The van der Waals surface area contributed by atoms with Gasteiger partial charge in [0.1, 0.15) is 0 Å². The maximum Gasteiger partial charge on any atom is 0.234 e. The van der Waals surface area contributed by atoms with Crippen molar-refractivity contribution in [3.05, 3.63) is 11.4 Å². The Balaban J connectivity index is 2.06. The molecule has 0 saturated heterocycles. The summed E-state index contributed by atoms with van der Waals surface area (Å²) in [7, 11) is 0. The molecule has 4 bridgehead atoms. The van der Waals surface area contributed by atoms with Crippen molar-refractivity contribution >= 4 is 0 Å². The zero-order valence-corrected chi connectivity index (χ0v) is 9.27. The maximum absolute atomic E-state index is 7.48. The molecule has 0 N–H and O–H groups in total. The number of hydrogen-bond donors (Lipinski definition) is 0. The summed E-state index contributed by atoms with van der Waals surface area (Å²) >= 11 is 0. The lowest BCUT2D eigenvalue weighted by atomic mass is 9.43. The first-order valence-corrected chi connectivity index (χ1v) is 5.85. The van der Waals surface area contributed by atoms with E-state index >= 15 is 0 Å². The molecule has 0 aromatic rings. The van der Waals surface area contributed by atoms with E-state index in [-0.39, 0.29) is 5.54 Å². The highest BCUT2D eigenvalue weighted by atomic mass is 14.9. The van der Waals surface area contributed by atoms with Gasteiger partial charge in [0.2, 0.25) is 5.54 Å². The molecule has 0 aromatic carbocycles. The molecule has 0 radical (unpaired) electrons. The second-order valence-electron chi connectivity index (χ2n) is 6.97. The first-order chi connectivity index (χ1) is 6.47. The summed E-state index contributed by atoms with van der Waals surface area (Å²) in [5.74, 6) is 0.871. The van der Waals surface area contributed by atoms with E-state index in [2.05, 4.69) is 18.7 Å². The van der Waals surface area contributed by atoms with Crippen LogP contribution in [0.25, 0.3) is 4.85 Å². The summed E-state index contributed by atoms with van der Waals surface area (Å²) in [5, 5.41) is 0. The van der Waals surface area contributed by atoms with E-state index in [0.717, 1.165) is 5.92 Å². The van der Waals surface area contributed by atoms with E-state index in [9.17, 15) is 0 Å². The fraction of sp³-hybridized carbons (Fsp3) is 0.923. The molecule has 0 spiro atoms. The maximum atomic E-state index is 7.48. The van der Waals surface area contributed by atoms with Crippen LogP contribution in [0.4, 0.5) is 0 Å². The van der Waals surface area contributed by atoms with Gasteiger partial charge in [0.25, 0.3) is 0 Å². The molecule has 4 rings (SSSR count). The van der Waals surface area contributed by atoms with Crippen LogP contribution in [0, 0.1) is 23.3 Å². The van der Waals surface area contributed by atoms with E-state index in [1.54, 1.807) is 0 Å². The minimum absolute atomic E-state index is 0.0584. The first kappa shape index (κ1) is 8.77. The third-order valence-electron chi connectivity index (χ3n) is 4.83. The Labute approximate surface area is 86.7 Å². The normalized spacial score (nSPS) is 59.9. The van der Waals surface area contributed by atoms with Gasteiger partial charge in [-0.1, -0.05) is 13.8 Å². The summed E-state index contributed by atoms with van der Waals surface area (Å²) in [5.41, 5.74) is 1.08. The van der Waals surface area contributed by atoms with Crippen LogP contribution in [0.1, 0.15) is 52.4 Å². The Morgan fingerprint density at radius 2 is 1.57 bits per heavy atom. The molecule has 2 atom stereocenters. The summed E-state index contributed by atoms with van der Waals surface area (Å²) < 4.78 is 0. The average Bonchev–Trinajstić information content (AvgIpc) is 1.97. The molecule has 76 valence electrons. The lowest BCUT2D eigenvalue weighted by Crippen LogP contribution is -2.57. The van der Waals surface area contributed by atoms with Crippen molar-refractivity contribution in [1.82, 2.24) is 0 Å². The Morgan fingerprint density at radius 3 is 2.00 bits per heavy atom. The quantitative estimate of drug-likeness (QED) is 0.512. The van der Waals surface area contributed by atoms with Crippen LogP contribution in [0.5, 0.6) is 0 Å². The fourth-order valence-electron chi connectivity index (χ4n) is 5.51. The molecule has 1 nitrogen and oxygen atoms in total. The largest absolute Gasteiger partial charge is 0.310 e. The van der Waals surface area contributed by atoms with Crippen molar-refractivity contribution in [3.63, 3.8) is 0 Å². The summed E-state index contributed by atoms with van der Waals surface area (Å²) in [6.45, 7) is 12.3. The van der Waals surface area contributed by atoms with Crippen molar-refractivity contribution in [3.8, 4) is 0 Å². The van der Waals surface area contributed by atoms with Gasteiger partial charge in [-0.3, -0.25) is 0 Å². The molecule has 0 aromatic heterocycles. The van der Waals surface area contributed by atoms with Gasteiger partial charge in [0, 0.05) is 19.3 Å². The van der Waals surface area contributed by atoms with Crippen molar-refractivity contribution in [2.75, 3.05) is 0 Å². The van der Waals surface area contributed by atoms with Gasteiger partial charge in [-0.25, -0.2) is 6.57 Å². The molecule has 4 aliphatic carbocycles. The second kappa shape index (κ2) is 2.18. The van der Waals surface area contributed by atoms with Crippen LogP contribution in [0.2, 0.25) is 0 Å². The van der Waals surface area contributed by atoms with Crippen LogP contribution in [-0.4, -0.2) is 5.54 Å². The third-order valence-corrected chi connectivity index (χ3v) is 4.83. The van der Waals surface area contributed by atoms with Crippen LogP contribution in [-0.2, 0) is 0 Å². The molecule has 4 saturated carbocycles. The summed E-state index contributed by atoms with van der Waals surface area (Å²) in [6.07, 6.45) is 7.78. The zero-order chi connectivity index (χ0) is 10.0. The molecule has 0 heterocycles. The van der Waals surface area contributed by atoms with Gasteiger partial charge >= 0.3 is 0 Å². The predicted octanol–water partition coefficient (Wildman–Crippen LogP) is 3.65. The molecule has 1 heteroatoms. The van der Waals surface area contributed by atoms with Gasteiger partial charge < -0.3 is 4.85 Å². The third kappa shape index (κ3) is 1.00. The fourth-order valence-corrected chi connectivity index (χ4v) is 5.51. The molecule has 0 amide bonds. The van der Waals surface area contributed by atoms with Crippen molar-refractivity contribution in [1.29, 1.82) is 0 Å². The summed E-state index contributed by atoms with van der Waals surface area (Å²) in [4.78, 5) is 4.02. The van der Waals surface area contributed by atoms with Crippen LogP contribution in [0.15, 0.2) is 0 Å². The standard InChI is InChI=1S/C13H19N/c1-11-4-10-5-12(2,7-11)9-13(6-10,8-11)14-3/h10H,4-9H2,1-2H3/t10?,11-,12-,13?/m1/s1. The highest BCUT2D eigenvalue weighted by Gasteiger charge is 2.63. The number of nitrogens with zero attached hydrogens (tertiary/aromatic N) is 1.